The lowest BCUT2D eigenvalue weighted by molar-refractivity contribution is 0.0982. The van der Waals surface area contributed by atoms with Crippen LogP contribution < -0.4 is 5.32 Å². The van der Waals surface area contributed by atoms with E-state index in [1.165, 1.54) is 51.7 Å². The summed E-state index contributed by atoms with van der Waals surface area (Å²) < 4.78 is 0. The van der Waals surface area contributed by atoms with Gasteiger partial charge in [0.25, 0.3) is 0 Å². The molecular formula is C15H32N2. The minimum atomic E-state index is 0.731. The van der Waals surface area contributed by atoms with Crippen molar-refractivity contribution in [1.82, 2.24) is 10.2 Å². The Balaban J connectivity index is 2.49. The van der Waals surface area contributed by atoms with Gasteiger partial charge in [0.05, 0.1) is 0 Å². The van der Waals surface area contributed by atoms with Crippen LogP contribution in [0, 0.1) is 5.92 Å². The first-order valence-electron chi connectivity index (χ1n) is 7.68. The van der Waals surface area contributed by atoms with Crippen molar-refractivity contribution in [2.24, 2.45) is 5.92 Å². The average molecular weight is 240 g/mol. The molecule has 2 heteroatoms. The Bertz CT molecular complexity index is 193. The van der Waals surface area contributed by atoms with Crippen molar-refractivity contribution >= 4 is 0 Å². The maximum Gasteiger partial charge on any atom is 0.0198 e. The van der Waals surface area contributed by atoms with Crippen LogP contribution in [0.4, 0.5) is 0 Å². The van der Waals surface area contributed by atoms with E-state index in [2.05, 4.69) is 37.9 Å². The highest BCUT2D eigenvalue weighted by Crippen LogP contribution is 2.23. The number of piperidine rings is 1. The Morgan fingerprint density at radius 3 is 2.53 bits per heavy atom. The molecule has 1 heterocycles. The first-order chi connectivity index (χ1) is 8.21. The quantitative estimate of drug-likeness (QED) is 0.735. The van der Waals surface area contributed by atoms with E-state index in [4.69, 9.17) is 0 Å². The van der Waals surface area contributed by atoms with Gasteiger partial charge in [-0.15, -0.1) is 0 Å². The molecule has 1 aliphatic rings. The van der Waals surface area contributed by atoms with Crippen LogP contribution >= 0.6 is 0 Å². The highest BCUT2D eigenvalue weighted by atomic mass is 15.2. The third kappa shape index (κ3) is 4.97. The molecule has 0 amide bonds. The summed E-state index contributed by atoms with van der Waals surface area (Å²) in [5, 5.41) is 3.73. The second-order valence-electron chi connectivity index (χ2n) is 5.75. The van der Waals surface area contributed by atoms with E-state index >= 15 is 0 Å². The van der Waals surface area contributed by atoms with Crippen LogP contribution in [0.1, 0.15) is 59.8 Å². The summed E-state index contributed by atoms with van der Waals surface area (Å²) in [4.78, 5) is 2.71. The van der Waals surface area contributed by atoms with Crippen molar-refractivity contribution in [3.05, 3.63) is 0 Å². The molecule has 102 valence electrons. The molecule has 0 aromatic heterocycles. The topological polar surface area (TPSA) is 15.3 Å². The summed E-state index contributed by atoms with van der Waals surface area (Å²) in [7, 11) is 0. The number of nitrogens with one attached hydrogen (secondary N) is 1. The third-order valence-electron chi connectivity index (χ3n) is 4.16. The molecule has 0 aliphatic carbocycles. The molecule has 1 aliphatic heterocycles. The summed E-state index contributed by atoms with van der Waals surface area (Å²) in [5.41, 5.74) is 0. The molecule has 1 N–H and O–H groups in total. The lowest BCUT2D eigenvalue weighted by Gasteiger charge is -2.41. The van der Waals surface area contributed by atoms with Crippen LogP contribution in [-0.4, -0.2) is 36.6 Å². The first kappa shape index (κ1) is 15.0. The van der Waals surface area contributed by atoms with Crippen LogP contribution in [0.15, 0.2) is 0 Å². The number of nitrogens with zero attached hydrogens (tertiary/aromatic N) is 1. The van der Waals surface area contributed by atoms with Gasteiger partial charge in [0.1, 0.15) is 0 Å². The molecule has 0 bridgehead atoms. The van der Waals surface area contributed by atoms with Gasteiger partial charge in [0.15, 0.2) is 0 Å². The van der Waals surface area contributed by atoms with Gasteiger partial charge in [-0.05, 0) is 45.1 Å². The lowest BCUT2D eigenvalue weighted by Crippen LogP contribution is -2.52. The smallest absolute Gasteiger partial charge is 0.0198 e. The van der Waals surface area contributed by atoms with Gasteiger partial charge in [-0.25, -0.2) is 0 Å². The maximum absolute atomic E-state index is 3.73. The van der Waals surface area contributed by atoms with Crippen LogP contribution in [0.5, 0.6) is 0 Å². The van der Waals surface area contributed by atoms with Crippen LogP contribution in [0.2, 0.25) is 0 Å². The Kier molecular flexibility index (Phi) is 7.14. The van der Waals surface area contributed by atoms with E-state index < -0.39 is 0 Å². The molecule has 0 radical (unpaired) electrons. The summed E-state index contributed by atoms with van der Waals surface area (Å²) in [5.74, 6) is 0.914. The fourth-order valence-electron chi connectivity index (χ4n) is 2.97. The molecule has 17 heavy (non-hydrogen) atoms. The van der Waals surface area contributed by atoms with E-state index in [0.717, 1.165) is 18.0 Å². The molecule has 2 nitrogen and oxygen atoms in total. The van der Waals surface area contributed by atoms with Crippen molar-refractivity contribution < 1.29 is 0 Å². The second kappa shape index (κ2) is 8.10. The summed E-state index contributed by atoms with van der Waals surface area (Å²) in [6, 6.07) is 1.48. The Morgan fingerprint density at radius 1 is 1.18 bits per heavy atom. The van der Waals surface area contributed by atoms with Crippen LogP contribution in [0.25, 0.3) is 0 Å². The second-order valence-corrected chi connectivity index (χ2v) is 5.75. The highest BCUT2D eigenvalue weighted by molar-refractivity contribution is 4.85. The van der Waals surface area contributed by atoms with E-state index in [9.17, 15) is 0 Å². The molecule has 1 fully saturated rings. The maximum atomic E-state index is 3.73. The molecule has 0 saturated carbocycles. The monoisotopic (exact) mass is 240 g/mol. The molecule has 3 atom stereocenters. The van der Waals surface area contributed by atoms with Gasteiger partial charge in [-0.3, -0.25) is 4.90 Å². The number of hydrogen-bond donors (Lipinski definition) is 1. The van der Waals surface area contributed by atoms with Crippen molar-refractivity contribution in [2.45, 2.75) is 71.9 Å². The number of likely N-dealkylation sites (tertiary alicyclic amines) is 1. The molecule has 3 unspecified atom stereocenters. The highest BCUT2D eigenvalue weighted by Gasteiger charge is 2.28. The van der Waals surface area contributed by atoms with Gasteiger partial charge in [0.2, 0.25) is 0 Å². The predicted octanol–water partition coefficient (Wildman–Crippen LogP) is 3.28. The number of rotatable bonds is 7. The molecule has 1 rings (SSSR count). The summed E-state index contributed by atoms with van der Waals surface area (Å²) in [6.45, 7) is 13.0. The zero-order chi connectivity index (χ0) is 12.7. The molecular weight excluding hydrogens is 208 g/mol. The fraction of sp³-hybridized carbons (Fsp3) is 1.00. The van der Waals surface area contributed by atoms with E-state index in [-0.39, 0.29) is 0 Å². The van der Waals surface area contributed by atoms with Crippen LogP contribution in [0.3, 0.4) is 0 Å². The van der Waals surface area contributed by atoms with Gasteiger partial charge in [-0.2, -0.15) is 0 Å². The van der Waals surface area contributed by atoms with E-state index in [0.29, 0.717) is 0 Å². The zero-order valence-corrected chi connectivity index (χ0v) is 12.3. The van der Waals surface area contributed by atoms with E-state index in [1.54, 1.807) is 0 Å². The SMILES string of the molecule is CCCNC1CC(CCC)CN(C(C)CC)C1. The normalized spacial score (nSPS) is 28.2. The fourth-order valence-corrected chi connectivity index (χ4v) is 2.97. The van der Waals surface area contributed by atoms with E-state index in [1.807, 2.05) is 0 Å². The van der Waals surface area contributed by atoms with Crippen LogP contribution in [-0.2, 0) is 0 Å². The standard InChI is InChI=1S/C15H32N2/c1-5-8-14-10-15(16-9-6-2)12-17(11-14)13(4)7-3/h13-16H,5-12H2,1-4H3. The third-order valence-corrected chi connectivity index (χ3v) is 4.16. The summed E-state index contributed by atoms with van der Waals surface area (Å²) in [6.07, 6.45) is 6.65. The van der Waals surface area contributed by atoms with Gasteiger partial charge in [-0.1, -0.05) is 27.2 Å². The van der Waals surface area contributed by atoms with Crippen molar-refractivity contribution in [3.8, 4) is 0 Å². The van der Waals surface area contributed by atoms with Crippen molar-refractivity contribution in [1.29, 1.82) is 0 Å². The Hall–Kier alpha value is -0.0800. The molecule has 0 spiro atoms. The predicted molar refractivity (Wildman–Crippen MR) is 76.4 cm³/mol. The lowest BCUT2D eigenvalue weighted by atomic mass is 9.89. The molecule has 1 saturated heterocycles. The molecule has 0 aromatic carbocycles. The summed E-state index contributed by atoms with van der Waals surface area (Å²) >= 11 is 0. The zero-order valence-electron chi connectivity index (χ0n) is 12.3. The minimum Gasteiger partial charge on any atom is -0.313 e. The minimum absolute atomic E-state index is 0.731. The van der Waals surface area contributed by atoms with Crippen molar-refractivity contribution in [3.63, 3.8) is 0 Å². The van der Waals surface area contributed by atoms with Gasteiger partial charge >= 0.3 is 0 Å². The van der Waals surface area contributed by atoms with Gasteiger partial charge in [0, 0.05) is 25.2 Å². The van der Waals surface area contributed by atoms with Gasteiger partial charge < -0.3 is 5.32 Å². The van der Waals surface area contributed by atoms with Crippen molar-refractivity contribution in [2.75, 3.05) is 19.6 Å². The Labute approximate surface area is 108 Å². The first-order valence-corrected chi connectivity index (χ1v) is 7.68. The average Bonchev–Trinajstić information content (AvgIpc) is 2.35. The molecule has 0 aromatic rings. The Morgan fingerprint density at radius 2 is 1.94 bits per heavy atom. The number of hydrogen-bond acceptors (Lipinski definition) is 2. The largest absolute Gasteiger partial charge is 0.313 e.